The van der Waals surface area contributed by atoms with Crippen molar-refractivity contribution in [2.24, 2.45) is 0 Å². The average Bonchev–Trinajstić information content (AvgIpc) is 2.87. The molecule has 0 spiro atoms. The molecule has 7 nitrogen and oxygen atoms in total. The SMILES string of the molecule is COc1ccc2ncc(Cl)c(CCN3CC[C@H](NCc4ccc5c(n4)NC(=O)CS5)[C@@H](F)C3)c2c1. The van der Waals surface area contributed by atoms with Gasteiger partial charge in [-0.05, 0) is 55.3 Å². The van der Waals surface area contributed by atoms with E-state index in [2.05, 4.69) is 25.5 Å². The summed E-state index contributed by atoms with van der Waals surface area (Å²) < 4.78 is 20.4. The number of fused-ring (bicyclic) bond motifs is 2. The number of likely N-dealkylation sites (tertiary alicyclic amines) is 1. The third-order valence-corrected chi connectivity index (χ3v) is 7.89. The molecule has 2 N–H and O–H groups in total. The van der Waals surface area contributed by atoms with E-state index in [4.69, 9.17) is 16.3 Å². The van der Waals surface area contributed by atoms with Crippen LogP contribution in [-0.2, 0) is 17.8 Å². The van der Waals surface area contributed by atoms with Gasteiger partial charge in [-0.1, -0.05) is 11.6 Å². The number of pyridine rings is 2. The maximum absolute atomic E-state index is 15.0. The van der Waals surface area contributed by atoms with Gasteiger partial charge in [0.25, 0.3) is 0 Å². The number of amides is 1. The van der Waals surface area contributed by atoms with Gasteiger partial charge in [-0.15, -0.1) is 11.8 Å². The number of alkyl halides is 1. The number of hydrogen-bond donors (Lipinski definition) is 2. The van der Waals surface area contributed by atoms with Crippen LogP contribution in [0.1, 0.15) is 17.7 Å². The van der Waals surface area contributed by atoms with Crippen LogP contribution in [0.4, 0.5) is 10.2 Å². The number of nitrogens with one attached hydrogen (secondary N) is 2. The molecule has 1 fully saturated rings. The molecule has 3 aromatic rings. The summed E-state index contributed by atoms with van der Waals surface area (Å²) in [6.45, 7) is 2.34. The highest BCUT2D eigenvalue weighted by molar-refractivity contribution is 8.00. The van der Waals surface area contributed by atoms with Crippen LogP contribution in [0, 0.1) is 0 Å². The Hall–Kier alpha value is -2.46. The number of carbonyl (C=O) groups is 1. The van der Waals surface area contributed by atoms with Gasteiger partial charge in [-0.25, -0.2) is 9.37 Å². The van der Waals surface area contributed by atoms with Gasteiger partial charge in [0, 0.05) is 37.3 Å². The molecule has 2 aromatic heterocycles. The van der Waals surface area contributed by atoms with E-state index in [1.165, 1.54) is 11.8 Å². The summed E-state index contributed by atoms with van der Waals surface area (Å²) in [6, 6.07) is 9.41. The summed E-state index contributed by atoms with van der Waals surface area (Å²) in [4.78, 5) is 23.7. The van der Waals surface area contributed by atoms with E-state index in [9.17, 15) is 4.79 Å². The van der Waals surface area contributed by atoms with Crippen LogP contribution < -0.4 is 15.4 Å². The first kappa shape index (κ1) is 24.2. The maximum Gasteiger partial charge on any atom is 0.235 e. The molecule has 10 heteroatoms. The number of thioether (sulfide) groups is 1. The number of benzene rings is 1. The standard InChI is InChI=1S/C25H27ClFN5O2S/c1-34-16-3-4-21-18(10-16)17(19(26)12-29-21)6-8-32-9-7-22(20(27)13-32)28-11-15-2-5-23-25(30-15)31-24(33)14-35-23/h2-5,10,12,20,22,28H,6-9,11,13-14H2,1H3,(H,30,31,33)/t20-,22-/m0/s1. The lowest BCUT2D eigenvalue weighted by Crippen LogP contribution is -2.51. The lowest BCUT2D eigenvalue weighted by Gasteiger charge is -2.35. The summed E-state index contributed by atoms with van der Waals surface area (Å²) in [6.07, 6.45) is 2.11. The van der Waals surface area contributed by atoms with E-state index in [1.807, 2.05) is 30.3 Å². The quantitative estimate of drug-likeness (QED) is 0.491. The van der Waals surface area contributed by atoms with Crippen molar-refractivity contribution in [3.05, 3.63) is 52.8 Å². The fourth-order valence-corrected chi connectivity index (χ4v) is 5.59. The number of rotatable bonds is 7. The molecule has 4 heterocycles. The third-order valence-electron chi connectivity index (χ3n) is 6.52. The van der Waals surface area contributed by atoms with Gasteiger partial charge in [0.1, 0.15) is 17.7 Å². The molecule has 35 heavy (non-hydrogen) atoms. The molecular weight excluding hydrogens is 489 g/mol. The van der Waals surface area contributed by atoms with E-state index in [1.54, 1.807) is 13.3 Å². The zero-order valence-corrected chi connectivity index (χ0v) is 21.0. The van der Waals surface area contributed by atoms with Crippen LogP contribution in [0.15, 0.2) is 41.4 Å². The molecule has 0 aliphatic carbocycles. The highest BCUT2D eigenvalue weighted by Gasteiger charge is 2.29. The molecular formula is C25H27ClFN5O2S. The van der Waals surface area contributed by atoms with Gasteiger partial charge in [0.15, 0.2) is 0 Å². The Bertz CT molecular complexity index is 1250. The molecule has 2 aliphatic rings. The highest BCUT2D eigenvalue weighted by Crippen LogP contribution is 2.30. The Labute approximate surface area is 212 Å². The predicted molar refractivity (Wildman–Crippen MR) is 137 cm³/mol. The third kappa shape index (κ3) is 5.53. The molecule has 184 valence electrons. The summed E-state index contributed by atoms with van der Waals surface area (Å²) in [5.74, 6) is 1.72. The smallest absolute Gasteiger partial charge is 0.235 e. The molecule has 0 unspecified atom stereocenters. The van der Waals surface area contributed by atoms with E-state index < -0.39 is 6.17 Å². The first-order chi connectivity index (χ1) is 17.0. The number of carbonyl (C=O) groups excluding carboxylic acids is 1. The van der Waals surface area contributed by atoms with Crippen LogP contribution in [0.3, 0.4) is 0 Å². The minimum Gasteiger partial charge on any atom is -0.497 e. The molecule has 0 radical (unpaired) electrons. The van der Waals surface area contributed by atoms with Crippen LogP contribution in [0.2, 0.25) is 5.02 Å². The Morgan fingerprint density at radius 3 is 3.06 bits per heavy atom. The number of methoxy groups -OCH3 is 1. The number of aromatic nitrogens is 2. The summed E-state index contributed by atoms with van der Waals surface area (Å²) in [7, 11) is 1.64. The van der Waals surface area contributed by atoms with Gasteiger partial charge < -0.3 is 15.4 Å². The molecule has 5 rings (SSSR count). The highest BCUT2D eigenvalue weighted by atomic mass is 35.5. The molecule has 1 saturated heterocycles. The number of ether oxygens (including phenoxy) is 1. The van der Waals surface area contributed by atoms with Crippen molar-refractivity contribution in [3.8, 4) is 5.75 Å². The van der Waals surface area contributed by atoms with E-state index in [0.717, 1.165) is 39.4 Å². The first-order valence-electron chi connectivity index (χ1n) is 11.6. The Kier molecular flexibility index (Phi) is 7.38. The largest absolute Gasteiger partial charge is 0.497 e. The van der Waals surface area contributed by atoms with E-state index >= 15 is 4.39 Å². The van der Waals surface area contributed by atoms with Gasteiger partial charge in [0.05, 0.1) is 34.0 Å². The van der Waals surface area contributed by atoms with Crippen LogP contribution in [0.5, 0.6) is 5.75 Å². The fourth-order valence-electron chi connectivity index (χ4n) is 4.59. The molecule has 2 aliphatic heterocycles. The summed E-state index contributed by atoms with van der Waals surface area (Å²) >= 11 is 7.96. The van der Waals surface area contributed by atoms with Gasteiger partial charge in [0.2, 0.25) is 5.91 Å². The topological polar surface area (TPSA) is 79.4 Å². The van der Waals surface area contributed by atoms with Gasteiger partial charge in [-0.3, -0.25) is 14.7 Å². The first-order valence-corrected chi connectivity index (χ1v) is 13.0. The van der Waals surface area contributed by atoms with Crippen LogP contribution in [-0.4, -0.2) is 65.5 Å². The van der Waals surface area contributed by atoms with Crippen molar-refractivity contribution in [2.75, 3.05) is 37.8 Å². The van der Waals surface area contributed by atoms with Crippen molar-refractivity contribution in [1.82, 2.24) is 20.2 Å². The van der Waals surface area contributed by atoms with Crippen LogP contribution in [0.25, 0.3) is 10.9 Å². The second-order valence-corrected chi connectivity index (χ2v) is 10.2. The zero-order valence-electron chi connectivity index (χ0n) is 19.4. The van der Waals surface area contributed by atoms with E-state index in [-0.39, 0.29) is 11.9 Å². The molecule has 0 saturated carbocycles. The van der Waals surface area contributed by atoms with E-state index in [0.29, 0.717) is 49.1 Å². The number of nitrogens with zero attached hydrogens (tertiary/aromatic N) is 3. The second-order valence-electron chi connectivity index (χ2n) is 8.80. The number of hydrogen-bond acceptors (Lipinski definition) is 7. The number of anilines is 1. The monoisotopic (exact) mass is 515 g/mol. The molecule has 1 aromatic carbocycles. The maximum atomic E-state index is 15.0. The second kappa shape index (κ2) is 10.7. The van der Waals surface area contributed by atoms with Crippen molar-refractivity contribution in [1.29, 1.82) is 0 Å². The lowest BCUT2D eigenvalue weighted by atomic mass is 10.0. The van der Waals surface area contributed by atoms with Crippen molar-refractivity contribution < 1.29 is 13.9 Å². The Morgan fingerprint density at radius 2 is 2.23 bits per heavy atom. The summed E-state index contributed by atoms with van der Waals surface area (Å²) in [5.41, 5.74) is 2.66. The Morgan fingerprint density at radius 1 is 1.34 bits per heavy atom. The minimum atomic E-state index is -0.985. The van der Waals surface area contributed by atoms with Crippen molar-refractivity contribution in [3.63, 3.8) is 0 Å². The number of piperidine rings is 1. The van der Waals surface area contributed by atoms with Crippen molar-refractivity contribution >= 4 is 46.0 Å². The Balaban J connectivity index is 1.16. The predicted octanol–water partition coefficient (Wildman–Crippen LogP) is 4.08. The fraction of sp³-hybridized carbons (Fsp3) is 0.400. The zero-order chi connectivity index (χ0) is 24.4. The lowest BCUT2D eigenvalue weighted by molar-refractivity contribution is -0.113. The normalized spacial score (nSPS) is 20.5. The molecule has 0 bridgehead atoms. The molecule has 2 atom stereocenters. The minimum absolute atomic E-state index is 0.0449. The van der Waals surface area contributed by atoms with Gasteiger partial charge >= 0.3 is 0 Å². The van der Waals surface area contributed by atoms with Gasteiger partial charge in [-0.2, -0.15) is 0 Å². The molecule has 1 amide bonds. The summed E-state index contributed by atoms with van der Waals surface area (Å²) in [5, 5.41) is 7.71. The number of halogens is 2. The van der Waals surface area contributed by atoms with Crippen LogP contribution >= 0.6 is 23.4 Å². The van der Waals surface area contributed by atoms with Crippen molar-refractivity contribution in [2.45, 2.75) is 36.5 Å². The average molecular weight is 516 g/mol.